The molecule has 0 saturated carbocycles. The first-order valence-corrected chi connectivity index (χ1v) is 9.29. The first-order valence-electron chi connectivity index (χ1n) is 9.29. The summed E-state index contributed by atoms with van der Waals surface area (Å²) in [7, 11) is 1.78. The molecule has 1 aliphatic heterocycles. The van der Waals surface area contributed by atoms with E-state index in [2.05, 4.69) is 31.3 Å². The van der Waals surface area contributed by atoms with Gasteiger partial charge in [0.1, 0.15) is 0 Å². The lowest BCUT2D eigenvalue weighted by atomic mass is 9.92. The predicted molar refractivity (Wildman–Crippen MR) is 104 cm³/mol. The van der Waals surface area contributed by atoms with Gasteiger partial charge in [0.05, 0.1) is 12.0 Å². The van der Waals surface area contributed by atoms with Crippen LogP contribution in [0.4, 0.5) is 5.69 Å². The van der Waals surface area contributed by atoms with E-state index < -0.39 is 0 Å². The van der Waals surface area contributed by atoms with Crippen LogP contribution in [0.5, 0.6) is 0 Å². The van der Waals surface area contributed by atoms with Crippen molar-refractivity contribution in [2.45, 2.75) is 39.2 Å². The fourth-order valence-electron chi connectivity index (χ4n) is 3.83. The maximum absolute atomic E-state index is 13.1. The number of rotatable bonds is 5. The van der Waals surface area contributed by atoms with E-state index in [1.807, 2.05) is 36.4 Å². The minimum atomic E-state index is -0.385. The van der Waals surface area contributed by atoms with Crippen molar-refractivity contribution in [2.75, 3.05) is 12.4 Å². The van der Waals surface area contributed by atoms with Crippen LogP contribution in [0.25, 0.3) is 0 Å². The summed E-state index contributed by atoms with van der Waals surface area (Å²) in [5.41, 5.74) is 4.18. The number of amides is 2. The highest BCUT2D eigenvalue weighted by atomic mass is 16.2. The summed E-state index contributed by atoms with van der Waals surface area (Å²) >= 11 is 0. The molecule has 0 radical (unpaired) electrons. The van der Waals surface area contributed by atoms with Gasteiger partial charge < -0.3 is 10.2 Å². The molecule has 4 nitrogen and oxygen atoms in total. The van der Waals surface area contributed by atoms with Crippen LogP contribution in [-0.2, 0) is 22.4 Å². The second-order valence-electron chi connectivity index (χ2n) is 6.82. The van der Waals surface area contributed by atoms with E-state index in [0.717, 1.165) is 35.2 Å². The lowest BCUT2D eigenvalue weighted by Crippen LogP contribution is -2.30. The van der Waals surface area contributed by atoms with Crippen molar-refractivity contribution in [2.24, 2.45) is 5.92 Å². The lowest BCUT2D eigenvalue weighted by molar-refractivity contribution is -0.127. The Morgan fingerprint density at radius 1 is 1.04 bits per heavy atom. The van der Waals surface area contributed by atoms with Gasteiger partial charge in [-0.05, 0) is 29.5 Å². The van der Waals surface area contributed by atoms with Gasteiger partial charge in [-0.3, -0.25) is 9.59 Å². The summed E-state index contributed by atoms with van der Waals surface area (Å²) in [5, 5.41) is 3.15. The smallest absolute Gasteiger partial charge is 0.230 e. The van der Waals surface area contributed by atoms with Crippen molar-refractivity contribution in [1.82, 2.24) is 4.90 Å². The van der Waals surface area contributed by atoms with Crippen LogP contribution in [0.2, 0.25) is 0 Å². The maximum atomic E-state index is 13.1. The van der Waals surface area contributed by atoms with Crippen molar-refractivity contribution in [1.29, 1.82) is 0 Å². The number of nitrogens with one attached hydrogen (secondary N) is 1. The highest BCUT2D eigenvalue weighted by Gasteiger charge is 2.42. The number of hydrogen-bond acceptors (Lipinski definition) is 2. The molecule has 2 aromatic carbocycles. The van der Waals surface area contributed by atoms with Gasteiger partial charge in [0, 0.05) is 19.2 Å². The molecule has 4 heteroatoms. The number of benzene rings is 2. The normalized spacial score (nSPS) is 19.7. The number of para-hydroxylation sites is 1. The third-order valence-corrected chi connectivity index (χ3v) is 5.31. The zero-order valence-corrected chi connectivity index (χ0v) is 15.7. The van der Waals surface area contributed by atoms with Gasteiger partial charge in [0.25, 0.3) is 0 Å². The molecule has 1 fully saturated rings. The topological polar surface area (TPSA) is 49.4 Å². The van der Waals surface area contributed by atoms with Gasteiger partial charge in [-0.25, -0.2) is 0 Å². The van der Waals surface area contributed by atoms with Gasteiger partial charge >= 0.3 is 0 Å². The summed E-state index contributed by atoms with van der Waals surface area (Å²) < 4.78 is 0. The van der Waals surface area contributed by atoms with E-state index in [-0.39, 0.29) is 30.2 Å². The quantitative estimate of drug-likeness (QED) is 0.887. The Morgan fingerprint density at radius 2 is 1.65 bits per heavy atom. The van der Waals surface area contributed by atoms with Crippen LogP contribution in [0.3, 0.4) is 0 Å². The van der Waals surface area contributed by atoms with Gasteiger partial charge in [0.15, 0.2) is 0 Å². The predicted octanol–water partition coefficient (Wildman–Crippen LogP) is 3.97. The Bertz CT molecular complexity index is 779. The average molecular weight is 350 g/mol. The highest BCUT2D eigenvalue weighted by Crippen LogP contribution is 2.38. The maximum Gasteiger partial charge on any atom is 0.230 e. The second-order valence-corrected chi connectivity index (χ2v) is 6.82. The number of hydrogen-bond donors (Lipinski definition) is 1. The van der Waals surface area contributed by atoms with E-state index in [1.54, 1.807) is 11.9 Å². The van der Waals surface area contributed by atoms with Crippen LogP contribution in [-0.4, -0.2) is 23.8 Å². The molecule has 2 aromatic rings. The number of carbonyl (C=O) groups excluding carboxylic acids is 2. The van der Waals surface area contributed by atoms with Crippen LogP contribution in [0.15, 0.2) is 48.5 Å². The minimum Gasteiger partial charge on any atom is -0.338 e. The summed E-state index contributed by atoms with van der Waals surface area (Å²) in [6.45, 7) is 4.17. The van der Waals surface area contributed by atoms with Crippen LogP contribution in [0, 0.1) is 5.92 Å². The molecular weight excluding hydrogens is 324 g/mol. The Labute approximate surface area is 155 Å². The summed E-state index contributed by atoms with van der Waals surface area (Å²) in [4.78, 5) is 27.2. The molecule has 0 aliphatic carbocycles. The largest absolute Gasteiger partial charge is 0.338 e. The second kappa shape index (κ2) is 7.73. The Kier molecular flexibility index (Phi) is 5.40. The molecule has 2 atom stereocenters. The van der Waals surface area contributed by atoms with Gasteiger partial charge in [-0.2, -0.15) is 0 Å². The first-order chi connectivity index (χ1) is 12.6. The molecule has 1 N–H and O–H groups in total. The van der Waals surface area contributed by atoms with Crippen molar-refractivity contribution < 1.29 is 9.59 Å². The molecule has 2 unspecified atom stereocenters. The fourth-order valence-corrected chi connectivity index (χ4v) is 3.83. The molecule has 0 spiro atoms. The molecule has 3 rings (SSSR count). The third-order valence-electron chi connectivity index (χ3n) is 5.31. The summed E-state index contributed by atoms with van der Waals surface area (Å²) in [6, 6.07) is 15.7. The monoisotopic (exact) mass is 350 g/mol. The lowest BCUT2D eigenvalue weighted by Gasteiger charge is -2.25. The van der Waals surface area contributed by atoms with E-state index in [9.17, 15) is 9.59 Å². The first kappa shape index (κ1) is 18.2. The molecule has 2 amide bonds. The van der Waals surface area contributed by atoms with Crippen LogP contribution >= 0.6 is 0 Å². The van der Waals surface area contributed by atoms with Crippen molar-refractivity contribution >= 4 is 17.5 Å². The number of likely N-dealkylation sites (tertiary alicyclic amines) is 1. The number of carbonyl (C=O) groups is 2. The number of anilines is 1. The van der Waals surface area contributed by atoms with Gasteiger partial charge in [0.2, 0.25) is 11.8 Å². The third kappa shape index (κ3) is 3.36. The Morgan fingerprint density at radius 3 is 2.23 bits per heavy atom. The van der Waals surface area contributed by atoms with Crippen molar-refractivity contribution in [3.63, 3.8) is 0 Å². The van der Waals surface area contributed by atoms with E-state index >= 15 is 0 Å². The minimum absolute atomic E-state index is 0.0125. The fraction of sp³-hybridized carbons (Fsp3) is 0.364. The SMILES string of the molecule is CCc1cccc(CC)c1NC(=O)C1CC(=O)N(C)C1c1ccccc1. The van der Waals surface area contributed by atoms with E-state index in [0.29, 0.717) is 0 Å². The van der Waals surface area contributed by atoms with E-state index in [4.69, 9.17) is 0 Å². The zero-order valence-electron chi connectivity index (χ0n) is 15.7. The van der Waals surface area contributed by atoms with Crippen molar-refractivity contribution in [3.8, 4) is 0 Å². The molecule has 26 heavy (non-hydrogen) atoms. The number of aryl methyl sites for hydroxylation is 2. The Balaban J connectivity index is 1.91. The summed E-state index contributed by atoms with van der Waals surface area (Å²) in [6.07, 6.45) is 1.96. The summed E-state index contributed by atoms with van der Waals surface area (Å²) in [5.74, 6) is -0.449. The Hall–Kier alpha value is -2.62. The number of nitrogens with zero attached hydrogens (tertiary/aromatic N) is 1. The van der Waals surface area contributed by atoms with E-state index in [1.165, 1.54) is 0 Å². The molecular formula is C22H26N2O2. The molecule has 1 saturated heterocycles. The molecule has 0 bridgehead atoms. The van der Waals surface area contributed by atoms with Gasteiger partial charge in [-0.15, -0.1) is 0 Å². The highest BCUT2D eigenvalue weighted by molar-refractivity contribution is 5.99. The van der Waals surface area contributed by atoms with Crippen LogP contribution in [0.1, 0.15) is 43.0 Å². The molecule has 1 aliphatic rings. The standard InChI is InChI=1S/C22H26N2O2/c1-4-15-12-9-13-16(5-2)20(15)23-22(26)18-14-19(25)24(3)21(18)17-10-7-6-8-11-17/h6-13,18,21H,4-5,14H2,1-3H3,(H,23,26). The molecule has 1 heterocycles. The molecule has 136 valence electrons. The zero-order chi connectivity index (χ0) is 18.7. The average Bonchev–Trinajstić information content (AvgIpc) is 2.97. The molecule has 0 aromatic heterocycles. The van der Waals surface area contributed by atoms with Crippen LogP contribution < -0.4 is 5.32 Å². The van der Waals surface area contributed by atoms with Crippen molar-refractivity contribution in [3.05, 3.63) is 65.2 Å². The van der Waals surface area contributed by atoms with Gasteiger partial charge in [-0.1, -0.05) is 62.4 Å².